The molecule has 0 aromatic carbocycles. The zero-order chi connectivity index (χ0) is 17.9. The molecule has 24 heavy (non-hydrogen) atoms. The third-order valence-electron chi connectivity index (χ3n) is 0. The van der Waals surface area contributed by atoms with E-state index in [1.54, 1.807) is 0 Å². The van der Waals surface area contributed by atoms with E-state index in [0.29, 0.717) is 0 Å². The van der Waals surface area contributed by atoms with Crippen molar-refractivity contribution in [2.75, 3.05) is 0 Å². The quantitative estimate of drug-likeness (QED) is 0.179. The Hall–Kier alpha value is -1.98. The van der Waals surface area contributed by atoms with Crippen LogP contribution in [0, 0.1) is 76.6 Å². The number of nitrogens with zero attached hydrogens (tertiary/aromatic N) is 5. The van der Waals surface area contributed by atoms with Crippen LogP contribution in [-0.4, -0.2) is 25.4 Å². The Balaban J connectivity index is -0.0000000161. The minimum atomic E-state index is -1.75. The Kier molecular flexibility index (Phi) is 119. The number of hydrogen-bond donors (Lipinski definition) is 0. The molecule has 0 aliphatic carbocycles. The van der Waals surface area contributed by atoms with Crippen LogP contribution in [0.2, 0.25) is 0 Å². The summed E-state index contributed by atoms with van der Waals surface area (Å²) >= 11 is 0. The second kappa shape index (κ2) is 49.7. The van der Waals surface area contributed by atoms with Crippen molar-refractivity contribution >= 4 is 0 Å². The normalized spacial score (nSPS) is 5.00. The third kappa shape index (κ3) is 1860. The molecule has 0 heterocycles. The summed E-state index contributed by atoms with van der Waals surface area (Å²) in [6.07, 6.45) is 0. The SMILES string of the molecule is O=[N+]([O-])[O-].O=[N+]([O-])[O-].O=[N+]([O-])[O-].O=[N+]([O-])[O-].O=[N+]([O-])[O-].[Ag+].[Ag+].[O-2].[V]. The molecule has 1 radical (unpaired) electrons. The first-order valence-corrected chi connectivity index (χ1v) is 2.74. The van der Waals surface area contributed by atoms with Crippen LogP contribution in [0.25, 0.3) is 0 Å². The van der Waals surface area contributed by atoms with E-state index in [1.807, 2.05) is 0 Å². The number of hydrogen-bond acceptors (Lipinski definition) is 15. The van der Waals surface area contributed by atoms with Crippen molar-refractivity contribution in [3.05, 3.63) is 76.6 Å². The van der Waals surface area contributed by atoms with Crippen LogP contribution in [-0.2, 0) is 68.8 Å². The summed E-state index contributed by atoms with van der Waals surface area (Å²) in [7, 11) is 0. The van der Waals surface area contributed by atoms with Crippen molar-refractivity contribution in [1.29, 1.82) is 0 Å². The molecule has 0 rings (SSSR count). The van der Waals surface area contributed by atoms with Crippen molar-refractivity contribution < 1.29 is 94.2 Å². The van der Waals surface area contributed by atoms with Gasteiger partial charge < -0.3 is 82.1 Å². The molecule has 24 heteroatoms. The summed E-state index contributed by atoms with van der Waals surface area (Å²) in [6, 6.07) is 0. The minimum Gasteiger partial charge on any atom is -2.00 e. The molecule has 153 valence electrons. The molecule has 0 atom stereocenters. The smallest absolute Gasteiger partial charge is 1.00 e. The molecular formula is Ag2N5O16V-5. The van der Waals surface area contributed by atoms with Crippen LogP contribution in [0.5, 0.6) is 0 Å². The summed E-state index contributed by atoms with van der Waals surface area (Å²) in [5, 5.41) is 73.8. The summed E-state index contributed by atoms with van der Waals surface area (Å²) in [4.78, 5) is 41.2. The molecule has 0 amide bonds. The topological polar surface area (TPSA) is 359 Å². The zero-order valence-corrected chi connectivity index (χ0v) is 14.2. The summed E-state index contributed by atoms with van der Waals surface area (Å²) in [6.45, 7) is 0. The number of rotatable bonds is 0. The second-order valence-electron chi connectivity index (χ2n) is 1.12. The van der Waals surface area contributed by atoms with Gasteiger partial charge in [0.2, 0.25) is 0 Å². The average molecular weight is 593 g/mol. The fourth-order valence-electron chi connectivity index (χ4n) is 0. The van der Waals surface area contributed by atoms with Gasteiger partial charge in [0, 0.05) is 18.6 Å². The largest absolute Gasteiger partial charge is 2.00 e. The van der Waals surface area contributed by atoms with Crippen molar-refractivity contribution in [2.45, 2.75) is 0 Å². The molecule has 0 saturated carbocycles. The van der Waals surface area contributed by atoms with Crippen molar-refractivity contribution in [3.63, 3.8) is 0 Å². The fraction of sp³-hybridized carbons (Fsp3) is 0. The van der Waals surface area contributed by atoms with Gasteiger partial charge >= 0.3 is 44.8 Å². The Morgan fingerprint density at radius 3 is 0.375 bits per heavy atom. The van der Waals surface area contributed by atoms with Crippen LogP contribution in [0.4, 0.5) is 0 Å². The van der Waals surface area contributed by atoms with Gasteiger partial charge in [0.25, 0.3) is 0 Å². The minimum absolute atomic E-state index is 0. The second-order valence-corrected chi connectivity index (χ2v) is 1.12. The van der Waals surface area contributed by atoms with E-state index in [2.05, 4.69) is 0 Å². The molecular weight excluding hydrogens is 593 g/mol. The van der Waals surface area contributed by atoms with E-state index in [1.165, 1.54) is 0 Å². The van der Waals surface area contributed by atoms with Crippen molar-refractivity contribution in [1.82, 2.24) is 0 Å². The van der Waals surface area contributed by atoms with Gasteiger partial charge in [-0.15, -0.1) is 0 Å². The first kappa shape index (κ1) is 57.4. The van der Waals surface area contributed by atoms with Gasteiger partial charge in [-0.25, -0.2) is 0 Å². The molecule has 0 saturated heterocycles. The van der Waals surface area contributed by atoms with E-state index in [-0.39, 0.29) is 68.8 Å². The summed E-state index contributed by atoms with van der Waals surface area (Å²) in [5.74, 6) is 0. The zero-order valence-electron chi connectivity index (χ0n) is 9.82. The summed E-state index contributed by atoms with van der Waals surface area (Å²) in [5.41, 5.74) is 0. The molecule has 0 fully saturated rings. The predicted octanol–water partition coefficient (Wildman–Crippen LogP) is -1.32. The Labute approximate surface area is 170 Å². The van der Waals surface area contributed by atoms with E-state index in [9.17, 15) is 0 Å². The van der Waals surface area contributed by atoms with Crippen LogP contribution in [0.15, 0.2) is 0 Å². The Bertz CT molecular complexity index is 217. The maximum Gasteiger partial charge on any atom is 1.00 e. The Morgan fingerprint density at radius 2 is 0.375 bits per heavy atom. The van der Waals surface area contributed by atoms with Gasteiger partial charge in [-0.3, -0.25) is 0 Å². The first-order valence-electron chi connectivity index (χ1n) is 2.74. The van der Waals surface area contributed by atoms with Gasteiger partial charge in [-0.1, -0.05) is 0 Å². The molecule has 0 spiro atoms. The standard InChI is InChI=1S/2Ag.5NO3.O.V/c;;5*2-1(3)4;;/q2*+1;5*-1;-2;. The van der Waals surface area contributed by atoms with Gasteiger partial charge in [0.05, 0.1) is 25.4 Å². The Morgan fingerprint density at radius 1 is 0.375 bits per heavy atom. The average Bonchev–Trinajstić information content (AvgIpc) is 1.94. The molecule has 0 unspecified atom stereocenters. The van der Waals surface area contributed by atoms with Crippen molar-refractivity contribution in [3.8, 4) is 0 Å². The molecule has 0 aliphatic heterocycles. The van der Waals surface area contributed by atoms with E-state index in [0.717, 1.165) is 0 Å². The van der Waals surface area contributed by atoms with Gasteiger partial charge in [0.1, 0.15) is 0 Å². The fourth-order valence-corrected chi connectivity index (χ4v) is 0. The van der Waals surface area contributed by atoms with E-state index in [4.69, 9.17) is 76.6 Å². The summed E-state index contributed by atoms with van der Waals surface area (Å²) < 4.78 is 0. The maximum atomic E-state index is 8.25. The molecule has 0 bridgehead atoms. The first-order chi connectivity index (χ1) is 8.66. The van der Waals surface area contributed by atoms with Crippen LogP contribution in [0.3, 0.4) is 0 Å². The molecule has 0 aromatic rings. The van der Waals surface area contributed by atoms with Gasteiger partial charge in [-0.05, 0) is 0 Å². The van der Waals surface area contributed by atoms with E-state index >= 15 is 0 Å². The third-order valence-corrected chi connectivity index (χ3v) is 0. The molecule has 21 nitrogen and oxygen atoms in total. The predicted molar refractivity (Wildman–Crippen MR) is 52.5 cm³/mol. The van der Waals surface area contributed by atoms with Crippen LogP contribution < -0.4 is 0 Å². The molecule has 0 aromatic heterocycles. The van der Waals surface area contributed by atoms with Crippen molar-refractivity contribution in [2.24, 2.45) is 0 Å². The van der Waals surface area contributed by atoms with E-state index < -0.39 is 25.4 Å². The maximum absolute atomic E-state index is 8.25. The van der Waals surface area contributed by atoms with Gasteiger partial charge in [0.15, 0.2) is 0 Å². The molecule has 0 aliphatic rings. The van der Waals surface area contributed by atoms with Crippen LogP contribution >= 0.6 is 0 Å². The monoisotopic (exact) mass is 591 g/mol. The van der Waals surface area contributed by atoms with Crippen LogP contribution in [0.1, 0.15) is 0 Å². The molecule has 0 N–H and O–H groups in total. The van der Waals surface area contributed by atoms with Gasteiger partial charge in [-0.2, -0.15) is 0 Å².